The number of aliphatic hydroxyl groups is 1. The molecule has 1 atom stereocenters. The van der Waals surface area contributed by atoms with Gasteiger partial charge in [0.25, 0.3) is 0 Å². The van der Waals surface area contributed by atoms with Gasteiger partial charge in [-0.2, -0.15) is 0 Å². The van der Waals surface area contributed by atoms with Crippen molar-refractivity contribution in [2.24, 2.45) is 5.92 Å². The molecule has 1 amide bonds. The predicted molar refractivity (Wildman–Crippen MR) is 61.7 cm³/mol. The van der Waals surface area contributed by atoms with E-state index in [2.05, 4.69) is 17.6 Å². The molecule has 0 fully saturated rings. The minimum absolute atomic E-state index is 0.113. The van der Waals surface area contributed by atoms with Crippen LogP contribution in [0.3, 0.4) is 0 Å². The van der Waals surface area contributed by atoms with Crippen LogP contribution in [-0.2, 0) is 4.79 Å². The Morgan fingerprint density at radius 2 is 2.20 bits per heavy atom. The molecule has 1 unspecified atom stereocenters. The highest BCUT2D eigenvalue weighted by atomic mass is 16.3. The van der Waals surface area contributed by atoms with E-state index in [0.29, 0.717) is 18.9 Å². The van der Waals surface area contributed by atoms with Crippen molar-refractivity contribution >= 4 is 5.91 Å². The van der Waals surface area contributed by atoms with Gasteiger partial charge in [-0.05, 0) is 32.4 Å². The van der Waals surface area contributed by atoms with Gasteiger partial charge in [0.15, 0.2) is 0 Å². The fraction of sp³-hybridized carbons (Fsp3) is 0.909. The fourth-order valence-electron chi connectivity index (χ4n) is 1.41. The first kappa shape index (κ1) is 14.4. The van der Waals surface area contributed by atoms with E-state index in [1.165, 1.54) is 0 Å². The first-order valence-corrected chi connectivity index (χ1v) is 5.76. The number of amides is 1. The summed E-state index contributed by atoms with van der Waals surface area (Å²) in [5.74, 6) is 0.518. The minimum atomic E-state index is 0.113. The predicted octanol–water partition coefficient (Wildman–Crippen LogP) is 0.511. The third kappa shape index (κ3) is 8.39. The lowest BCUT2D eigenvalue weighted by Crippen LogP contribution is -2.29. The zero-order chi connectivity index (χ0) is 11.5. The number of nitrogens with one attached hydrogen (secondary N) is 2. The van der Waals surface area contributed by atoms with Crippen molar-refractivity contribution in [1.82, 2.24) is 10.6 Å². The Morgan fingerprint density at radius 3 is 2.73 bits per heavy atom. The second-order valence-electron chi connectivity index (χ2n) is 3.80. The van der Waals surface area contributed by atoms with E-state index in [4.69, 9.17) is 5.11 Å². The third-order valence-electron chi connectivity index (χ3n) is 2.53. The average Bonchev–Trinajstić information content (AvgIpc) is 2.24. The highest BCUT2D eigenvalue weighted by Crippen LogP contribution is 2.05. The van der Waals surface area contributed by atoms with Crippen LogP contribution in [-0.4, -0.2) is 37.8 Å². The fourth-order valence-corrected chi connectivity index (χ4v) is 1.41. The zero-order valence-electron chi connectivity index (χ0n) is 9.88. The van der Waals surface area contributed by atoms with Crippen molar-refractivity contribution in [2.75, 3.05) is 26.7 Å². The van der Waals surface area contributed by atoms with Gasteiger partial charge in [0.1, 0.15) is 0 Å². The van der Waals surface area contributed by atoms with Gasteiger partial charge in [0.05, 0.1) is 0 Å². The van der Waals surface area contributed by atoms with Gasteiger partial charge in [0, 0.05) is 19.6 Å². The SMILES string of the molecule is CCC(CCO)CNC(=O)CCCNC. The third-order valence-corrected chi connectivity index (χ3v) is 2.53. The Morgan fingerprint density at radius 1 is 1.47 bits per heavy atom. The lowest BCUT2D eigenvalue weighted by Gasteiger charge is -2.14. The van der Waals surface area contributed by atoms with Crippen LogP contribution in [0.5, 0.6) is 0 Å². The molecule has 0 aromatic carbocycles. The number of hydrogen-bond donors (Lipinski definition) is 3. The topological polar surface area (TPSA) is 61.4 Å². The minimum Gasteiger partial charge on any atom is -0.396 e. The Balaban J connectivity index is 3.50. The van der Waals surface area contributed by atoms with Crippen LogP contribution in [0.2, 0.25) is 0 Å². The molecule has 0 bridgehead atoms. The van der Waals surface area contributed by atoms with Crippen molar-refractivity contribution in [1.29, 1.82) is 0 Å². The molecule has 4 nitrogen and oxygen atoms in total. The van der Waals surface area contributed by atoms with Gasteiger partial charge >= 0.3 is 0 Å². The maximum Gasteiger partial charge on any atom is 0.220 e. The lowest BCUT2D eigenvalue weighted by atomic mass is 10.0. The van der Waals surface area contributed by atoms with Crippen LogP contribution in [0.1, 0.15) is 32.6 Å². The molecule has 0 spiro atoms. The molecule has 0 aliphatic carbocycles. The molecule has 0 aliphatic rings. The van der Waals surface area contributed by atoms with Crippen LogP contribution < -0.4 is 10.6 Å². The van der Waals surface area contributed by atoms with Crippen LogP contribution in [0, 0.1) is 5.92 Å². The maximum absolute atomic E-state index is 11.3. The van der Waals surface area contributed by atoms with E-state index in [-0.39, 0.29) is 12.5 Å². The number of carbonyl (C=O) groups is 1. The monoisotopic (exact) mass is 216 g/mol. The summed E-state index contributed by atoms with van der Waals surface area (Å²) in [5, 5.41) is 14.7. The van der Waals surface area contributed by atoms with Gasteiger partial charge in [-0.3, -0.25) is 4.79 Å². The van der Waals surface area contributed by atoms with Crippen molar-refractivity contribution in [3.8, 4) is 0 Å². The quantitative estimate of drug-likeness (QED) is 0.492. The average molecular weight is 216 g/mol. The summed E-state index contributed by atoms with van der Waals surface area (Å²) in [7, 11) is 1.88. The van der Waals surface area contributed by atoms with Gasteiger partial charge in [0.2, 0.25) is 5.91 Å². The molecule has 0 saturated carbocycles. The number of rotatable bonds is 9. The van der Waals surface area contributed by atoms with Gasteiger partial charge in [-0.1, -0.05) is 13.3 Å². The number of hydrogen-bond acceptors (Lipinski definition) is 3. The normalized spacial score (nSPS) is 12.5. The Labute approximate surface area is 92.4 Å². The molecule has 0 radical (unpaired) electrons. The smallest absolute Gasteiger partial charge is 0.220 e. The molecule has 0 aromatic rings. The van der Waals surface area contributed by atoms with Gasteiger partial charge in [-0.15, -0.1) is 0 Å². The van der Waals surface area contributed by atoms with Crippen molar-refractivity contribution < 1.29 is 9.90 Å². The first-order valence-electron chi connectivity index (χ1n) is 5.76. The van der Waals surface area contributed by atoms with Crippen LogP contribution >= 0.6 is 0 Å². The molecule has 0 aliphatic heterocycles. The van der Waals surface area contributed by atoms with Crippen LogP contribution in [0.4, 0.5) is 0 Å². The van der Waals surface area contributed by atoms with E-state index in [9.17, 15) is 4.79 Å². The summed E-state index contributed by atoms with van der Waals surface area (Å²) in [5.41, 5.74) is 0. The first-order chi connectivity index (χ1) is 7.24. The Kier molecular flexibility index (Phi) is 9.52. The summed E-state index contributed by atoms with van der Waals surface area (Å²) in [6.45, 7) is 3.85. The number of carbonyl (C=O) groups excluding carboxylic acids is 1. The standard InChI is InChI=1S/C11H24N2O2/c1-3-10(6-8-14)9-13-11(15)5-4-7-12-2/h10,12,14H,3-9H2,1-2H3,(H,13,15). The molecule has 0 aromatic heterocycles. The molecule has 90 valence electrons. The summed E-state index contributed by atoms with van der Waals surface area (Å²) < 4.78 is 0. The second kappa shape index (κ2) is 9.93. The summed E-state index contributed by atoms with van der Waals surface area (Å²) in [6.07, 6.45) is 3.22. The van der Waals surface area contributed by atoms with Crippen molar-refractivity contribution in [3.05, 3.63) is 0 Å². The molecule has 4 heteroatoms. The number of aliphatic hydroxyl groups excluding tert-OH is 1. The lowest BCUT2D eigenvalue weighted by molar-refractivity contribution is -0.121. The molecule has 0 heterocycles. The van der Waals surface area contributed by atoms with Crippen LogP contribution in [0.15, 0.2) is 0 Å². The molecule has 0 rings (SSSR count). The largest absolute Gasteiger partial charge is 0.396 e. The van der Waals surface area contributed by atoms with Gasteiger partial charge < -0.3 is 15.7 Å². The van der Waals surface area contributed by atoms with E-state index < -0.39 is 0 Å². The molecular weight excluding hydrogens is 192 g/mol. The van der Waals surface area contributed by atoms with Crippen LogP contribution in [0.25, 0.3) is 0 Å². The molecule has 0 saturated heterocycles. The highest BCUT2D eigenvalue weighted by Gasteiger charge is 2.07. The summed E-state index contributed by atoms with van der Waals surface area (Å²) >= 11 is 0. The molecule has 15 heavy (non-hydrogen) atoms. The van der Waals surface area contributed by atoms with Gasteiger partial charge in [-0.25, -0.2) is 0 Å². The van der Waals surface area contributed by atoms with Crippen molar-refractivity contribution in [3.63, 3.8) is 0 Å². The van der Waals surface area contributed by atoms with E-state index in [1.807, 2.05) is 7.05 Å². The summed E-state index contributed by atoms with van der Waals surface area (Å²) in [4.78, 5) is 11.3. The highest BCUT2D eigenvalue weighted by molar-refractivity contribution is 5.75. The van der Waals surface area contributed by atoms with E-state index in [0.717, 1.165) is 25.8 Å². The zero-order valence-corrected chi connectivity index (χ0v) is 9.88. The summed E-state index contributed by atoms with van der Waals surface area (Å²) in [6, 6.07) is 0. The molecule has 3 N–H and O–H groups in total. The van der Waals surface area contributed by atoms with Crippen molar-refractivity contribution in [2.45, 2.75) is 32.6 Å². The maximum atomic E-state index is 11.3. The Hall–Kier alpha value is -0.610. The van der Waals surface area contributed by atoms with E-state index >= 15 is 0 Å². The second-order valence-corrected chi connectivity index (χ2v) is 3.80. The Bertz CT molecular complexity index is 163. The molecular formula is C11H24N2O2. The van der Waals surface area contributed by atoms with E-state index in [1.54, 1.807) is 0 Å².